The maximum atomic E-state index is 12.1. The molecular formula is C13H20N2OS. The van der Waals surface area contributed by atoms with Gasteiger partial charge in [-0.3, -0.25) is 4.79 Å². The van der Waals surface area contributed by atoms with Crippen LogP contribution in [0.3, 0.4) is 0 Å². The Hall–Kier alpha value is -0.870. The van der Waals surface area contributed by atoms with E-state index in [0.29, 0.717) is 24.9 Å². The predicted octanol–water partition coefficient (Wildman–Crippen LogP) is 1.88. The summed E-state index contributed by atoms with van der Waals surface area (Å²) in [5.41, 5.74) is 6.94. The second-order valence-electron chi connectivity index (χ2n) is 4.86. The Labute approximate surface area is 107 Å². The zero-order valence-corrected chi connectivity index (χ0v) is 11.1. The summed E-state index contributed by atoms with van der Waals surface area (Å²) in [6.07, 6.45) is 2.54. The molecular weight excluding hydrogens is 232 g/mol. The van der Waals surface area contributed by atoms with Crippen molar-refractivity contribution >= 4 is 17.2 Å². The number of hydrogen-bond donors (Lipinski definition) is 1. The SMILES string of the molecule is CC1CC(CN)CN1C(=O)CCc1ccsc1. The van der Waals surface area contributed by atoms with Crippen LogP contribution >= 0.6 is 11.3 Å². The summed E-state index contributed by atoms with van der Waals surface area (Å²) < 4.78 is 0. The van der Waals surface area contributed by atoms with Gasteiger partial charge < -0.3 is 10.6 Å². The number of likely N-dealkylation sites (tertiary alicyclic amines) is 1. The highest BCUT2D eigenvalue weighted by molar-refractivity contribution is 7.07. The van der Waals surface area contributed by atoms with E-state index in [4.69, 9.17) is 5.73 Å². The number of hydrogen-bond acceptors (Lipinski definition) is 3. The van der Waals surface area contributed by atoms with Gasteiger partial charge in [-0.25, -0.2) is 0 Å². The Balaban J connectivity index is 1.84. The van der Waals surface area contributed by atoms with Gasteiger partial charge in [-0.05, 0) is 54.6 Å². The van der Waals surface area contributed by atoms with E-state index >= 15 is 0 Å². The van der Waals surface area contributed by atoms with Gasteiger partial charge in [-0.2, -0.15) is 11.3 Å². The lowest BCUT2D eigenvalue weighted by atomic mass is 10.1. The van der Waals surface area contributed by atoms with E-state index in [0.717, 1.165) is 19.4 Å². The molecule has 0 aliphatic carbocycles. The fraction of sp³-hybridized carbons (Fsp3) is 0.615. The minimum atomic E-state index is 0.277. The third kappa shape index (κ3) is 3.07. The molecule has 0 radical (unpaired) electrons. The summed E-state index contributed by atoms with van der Waals surface area (Å²) in [6, 6.07) is 2.45. The Bertz CT molecular complexity index is 364. The van der Waals surface area contributed by atoms with Crippen LogP contribution in [0.2, 0.25) is 0 Å². The molecule has 1 aliphatic heterocycles. The zero-order chi connectivity index (χ0) is 12.3. The third-order valence-corrected chi connectivity index (χ3v) is 4.25. The average molecular weight is 252 g/mol. The van der Waals surface area contributed by atoms with Gasteiger partial charge in [-0.1, -0.05) is 0 Å². The van der Waals surface area contributed by atoms with E-state index in [-0.39, 0.29) is 5.91 Å². The topological polar surface area (TPSA) is 46.3 Å². The largest absolute Gasteiger partial charge is 0.340 e. The molecule has 0 aromatic carbocycles. The number of amides is 1. The van der Waals surface area contributed by atoms with Gasteiger partial charge >= 0.3 is 0 Å². The van der Waals surface area contributed by atoms with Gasteiger partial charge in [0.1, 0.15) is 0 Å². The van der Waals surface area contributed by atoms with Crippen molar-refractivity contribution in [2.45, 2.75) is 32.2 Å². The normalized spacial score (nSPS) is 24.2. The maximum absolute atomic E-state index is 12.1. The monoisotopic (exact) mass is 252 g/mol. The number of carbonyl (C=O) groups excluding carboxylic acids is 1. The lowest BCUT2D eigenvalue weighted by Gasteiger charge is -2.21. The summed E-state index contributed by atoms with van der Waals surface area (Å²) in [4.78, 5) is 14.1. The first-order valence-electron chi connectivity index (χ1n) is 6.21. The Morgan fingerprint density at radius 3 is 3.06 bits per heavy atom. The highest BCUT2D eigenvalue weighted by Crippen LogP contribution is 2.23. The lowest BCUT2D eigenvalue weighted by Crippen LogP contribution is -2.34. The number of carbonyl (C=O) groups is 1. The van der Waals surface area contributed by atoms with Crippen LogP contribution in [0.1, 0.15) is 25.3 Å². The molecule has 0 spiro atoms. The molecule has 2 unspecified atom stereocenters. The van der Waals surface area contributed by atoms with E-state index in [2.05, 4.69) is 23.8 Å². The predicted molar refractivity (Wildman–Crippen MR) is 71.0 cm³/mol. The molecule has 17 heavy (non-hydrogen) atoms. The van der Waals surface area contributed by atoms with E-state index in [1.54, 1.807) is 11.3 Å². The molecule has 2 rings (SSSR count). The van der Waals surface area contributed by atoms with E-state index in [9.17, 15) is 4.79 Å². The summed E-state index contributed by atoms with van der Waals surface area (Å²) in [5.74, 6) is 0.773. The summed E-state index contributed by atoms with van der Waals surface area (Å²) in [5, 5.41) is 4.17. The Morgan fingerprint density at radius 2 is 2.47 bits per heavy atom. The first kappa shape index (κ1) is 12.6. The molecule has 2 heterocycles. The molecule has 0 saturated carbocycles. The van der Waals surface area contributed by atoms with Crippen LogP contribution < -0.4 is 5.73 Å². The van der Waals surface area contributed by atoms with Crippen LogP contribution in [-0.4, -0.2) is 29.9 Å². The first-order chi connectivity index (χ1) is 8.20. The standard InChI is InChI=1S/C13H20N2OS/c1-10-6-12(7-14)8-15(10)13(16)3-2-11-4-5-17-9-11/h4-5,9-10,12H,2-3,6-8,14H2,1H3. The molecule has 4 heteroatoms. The molecule has 2 N–H and O–H groups in total. The zero-order valence-electron chi connectivity index (χ0n) is 10.3. The Morgan fingerprint density at radius 1 is 1.65 bits per heavy atom. The van der Waals surface area contributed by atoms with E-state index < -0.39 is 0 Å². The van der Waals surface area contributed by atoms with Gasteiger partial charge in [0.25, 0.3) is 0 Å². The molecule has 1 aromatic rings. The molecule has 2 atom stereocenters. The lowest BCUT2D eigenvalue weighted by molar-refractivity contribution is -0.131. The average Bonchev–Trinajstić information content (AvgIpc) is 2.94. The van der Waals surface area contributed by atoms with Crippen LogP contribution in [0, 0.1) is 5.92 Å². The number of nitrogens with two attached hydrogens (primary N) is 1. The third-order valence-electron chi connectivity index (χ3n) is 3.52. The number of rotatable bonds is 4. The number of nitrogens with zero attached hydrogens (tertiary/aromatic N) is 1. The van der Waals surface area contributed by atoms with Crippen LogP contribution in [0.25, 0.3) is 0 Å². The maximum Gasteiger partial charge on any atom is 0.223 e. The molecule has 0 bridgehead atoms. The fourth-order valence-electron chi connectivity index (χ4n) is 2.49. The molecule has 1 aliphatic rings. The summed E-state index contributed by atoms with van der Waals surface area (Å²) in [6.45, 7) is 3.66. The molecule has 1 saturated heterocycles. The quantitative estimate of drug-likeness (QED) is 0.889. The first-order valence-corrected chi connectivity index (χ1v) is 7.15. The van der Waals surface area contributed by atoms with Crippen molar-refractivity contribution in [3.8, 4) is 0 Å². The van der Waals surface area contributed by atoms with Crippen molar-refractivity contribution in [3.63, 3.8) is 0 Å². The van der Waals surface area contributed by atoms with Crippen LogP contribution in [-0.2, 0) is 11.2 Å². The van der Waals surface area contributed by atoms with Crippen LogP contribution in [0.4, 0.5) is 0 Å². The van der Waals surface area contributed by atoms with Gasteiger partial charge in [0.15, 0.2) is 0 Å². The summed E-state index contributed by atoms with van der Waals surface area (Å²) in [7, 11) is 0. The number of aryl methyl sites for hydroxylation is 1. The van der Waals surface area contributed by atoms with Gasteiger partial charge in [0.2, 0.25) is 5.91 Å². The second kappa shape index (κ2) is 5.65. The highest BCUT2D eigenvalue weighted by atomic mass is 32.1. The molecule has 1 aromatic heterocycles. The minimum absolute atomic E-state index is 0.277. The highest BCUT2D eigenvalue weighted by Gasteiger charge is 2.30. The van der Waals surface area contributed by atoms with Crippen LogP contribution in [0.5, 0.6) is 0 Å². The van der Waals surface area contributed by atoms with Crippen molar-refractivity contribution in [1.82, 2.24) is 4.90 Å². The van der Waals surface area contributed by atoms with E-state index in [1.807, 2.05) is 4.90 Å². The smallest absolute Gasteiger partial charge is 0.223 e. The van der Waals surface area contributed by atoms with Crippen molar-refractivity contribution in [2.24, 2.45) is 11.7 Å². The van der Waals surface area contributed by atoms with Crippen molar-refractivity contribution < 1.29 is 4.79 Å². The van der Waals surface area contributed by atoms with Crippen molar-refractivity contribution in [1.29, 1.82) is 0 Å². The van der Waals surface area contributed by atoms with Crippen molar-refractivity contribution in [2.75, 3.05) is 13.1 Å². The molecule has 1 amide bonds. The summed E-state index contributed by atoms with van der Waals surface area (Å²) >= 11 is 1.69. The van der Waals surface area contributed by atoms with Crippen molar-refractivity contribution in [3.05, 3.63) is 22.4 Å². The van der Waals surface area contributed by atoms with Gasteiger partial charge in [0, 0.05) is 19.0 Å². The molecule has 1 fully saturated rings. The van der Waals surface area contributed by atoms with Gasteiger partial charge in [-0.15, -0.1) is 0 Å². The molecule has 3 nitrogen and oxygen atoms in total. The molecule has 94 valence electrons. The van der Waals surface area contributed by atoms with Gasteiger partial charge in [0.05, 0.1) is 0 Å². The Kier molecular flexibility index (Phi) is 4.18. The second-order valence-corrected chi connectivity index (χ2v) is 5.64. The minimum Gasteiger partial charge on any atom is -0.340 e. The number of thiophene rings is 1. The fourth-order valence-corrected chi connectivity index (χ4v) is 3.19. The van der Waals surface area contributed by atoms with Crippen LogP contribution in [0.15, 0.2) is 16.8 Å². The van der Waals surface area contributed by atoms with E-state index in [1.165, 1.54) is 5.56 Å².